The molecule has 0 bridgehead atoms. The zero-order valence-corrected chi connectivity index (χ0v) is 16.7. The predicted octanol–water partition coefficient (Wildman–Crippen LogP) is 3.02. The molecule has 3 aromatic rings. The summed E-state index contributed by atoms with van der Waals surface area (Å²) < 4.78 is 28.9. The van der Waals surface area contributed by atoms with Crippen LogP contribution in [-0.4, -0.2) is 44.0 Å². The molecule has 1 amide bonds. The van der Waals surface area contributed by atoms with Crippen molar-refractivity contribution in [2.45, 2.75) is 0 Å². The van der Waals surface area contributed by atoms with Crippen molar-refractivity contribution in [2.75, 3.05) is 27.9 Å². The maximum atomic E-state index is 12.9. The first-order chi connectivity index (χ1) is 14.5. The first kappa shape index (κ1) is 20.7. The summed E-state index contributed by atoms with van der Waals surface area (Å²) in [5.74, 6) is 6.43. The number of hydrogen-bond acceptors (Lipinski definition) is 5. The van der Waals surface area contributed by atoms with E-state index >= 15 is 0 Å². The summed E-state index contributed by atoms with van der Waals surface area (Å²) in [6.45, 7) is 0.134. The zero-order chi connectivity index (χ0) is 21.5. The number of H-pyrrole nitrogens is 1. The summed E-state index contributed by atoms with van der Waals surface area (Å²) in [5.41, 5.74) is 2.17. The van der Waals surface area contributed by atoms with Crippen LogP contribution in [0.25, 0.3) is 11.3 Å². The van der Waals surface area contributed by atoms with Crippen molar-refractivity contribution in [1.29, 1.82) is 0 Å². The quantitative estimate of drug-likeness (QED) is 0.612. The highest BCUT2D eigenvalue weighted by atomic mass is 19.1. The third-order valence-corrected chi connectivity index (χ3v) is 4.20. The molecule has 3 rings (SSSR count). The molecule has 30 heavy (non-hydrogen) atoms. The summed E-state index contributed by atoms with van der Waals surface area (Å²) in [6, 6.07) is 10.9. The Kier molecular flexibility index (Phi) is 6.55. The van der Waals surface area contributed by atoms with Gasteiger partial charge < -0.3 is 19.5 Å². The van der Waals surface area contributed by atoms with Gasteiger partial charge in [0.25, 0.3) is 5.91 Å². The van der Waals surface area contributed by atoms with Gasteiger partial charge in [0.2, 0.25) is 5.75 Å². The molecule has 0 saturated heterocycles. The van der Waals surface area contributed by atoms with E-state index in [1.165, 1.54) is 33.5 Å². The molecule has 0 saturated carbocycles. The van der Waals surface area contributed by atoms with Crippen molar-refractivity contribution in [1.82, 2.24) is 15.5 Å². The number of carbonyl (C=O) groups is 1. The van der Waals surface area contributed by atoms with Gasteiger partial charge in [-0.2, -0.15) is 5.10 Å². The van der Waals surface area contributed by atoms with Gasteiger partial charge >= 0.3 is 0 Å². The topological polar surface area (TPSA) is 85.5 Å². The highest BCUT2D eigenvalue weighted by molar-refractivity contribution is 5.93. The minimum Gasteiger partial charge on any atom is -0.493 e. The highest BCUT2D eigenvalue weighted by Crippen LogP contribution is 2.40. The Hall–Kier alpha value is -3.99. The molecule has 0 unspecified atom stereocenters. The molecule has 8 heteroatoms. The van der Waals surface area contributed by atoms with Crippen LogP contribution in [0, 0.1) is 17.7 Å². The number of rotatable bonds is 6. The van der Waals surface area contributed by atoms with E-state index in [2.05, 4.69) is 27.4 Å². The van der Waals surface area contributed by atoms with E-state index in [9.17, 15) is 9.18 Å². The van der Waals surface area contributed by atoms with Crippen LogP contribution >= 0.6 is 0 Å². The lowest BCUT2D eigenvalue weighted by atomic mass is 10.1. The average Bonchev–Trinajstić information content (AvgIpc) is 3.27. The van der Waals surface area contributed by atoms with Gasteiger partial charge in [0.1, 0.15) is 11.5 Å². The third kappa shape index (κ3) is 4.70. The normalized spacial score (nSPS) is 10.0. The van der Waals surface area contributed by atoms with Crippen LogP contribution in [0.15, 0.2) is 42.5 Å². The first-order valence-corrected chi connectivity index (χ1v) is 8.94. The van der Waals surface area contributed by atoms with Crippen LogP contribution < -0.4 is 19.5 Å². The molecule has 1 heterocycles. The standard InChI is InChI=1S/C22H20FN3O4/c1-28-19-11-15(12-20(29-2)21(19)30-3)17-13-18(26-25-17)22(27)24-10-4-5-14-6-8-16(23)9-7-14/h6-9,11-13H,10H2,1-3H3,(H,24,27)(H,25,26). The van der Waals surface area contributed by atoms with Crippen molar-refractivity contribution in [3.63, 3.8) is 0 Å². The van der Waals surface area contributed by atoms with E-state index in [1.54, 1.807) is 30.3 Å². The van der Waals surface area contributed by atoms with Crippen LogP contribution in [-0.2, 0) is 0 Å². The van der Waals surface area contributed by atoms with E-state index in [1.807, 2.05) is 0 Å². The Morgan fingerprint density at radius 3 is 2.33 bits per heavy atom. The molecule has 2 N–H and O–H groups in total. The lowest BCUT2D eigenvalue weighted by Crippen LogP contribution is -2.23. The number of carbonyl (C=O) groups excluding carboxylic acids is 1. The van der Waals surface area contributed by atoms with Crippen molar-refractivity contribution in [3.8, 4) is 40.3 Å². The summed E-state index contributed by atoms with van der Waals surface area (Å²) in [4.78, 5) is 12.3. The van der Waals surface area contributed by atoms with Gasteiger partial charge in [-0.3, -0.25) is 9.89 Å². The number of aromatic nitrogens is 2. The Bertz CT molecular complexity index is 1070. The van der Waals surface area contributed by atoms with Gasteiger partial charge in [0, 0.05) is 11.1 Å². The van der Waals surface area contributed by atoms with Gasteiger partial charge in [-0.15, -0.1) is 0 Å². The smallest absolute Gasteiger partial charge is 0.270 e. The molecule has 2 aromatic carbocycles. The molecule has 0 spiro atoms. The second-order valence-corrected chi connectivity index (χ2v) is 6.07. The molecule has 1 aromatic heterocycles. The Balaban J connectivity index is 1.70. The largest absolute Gasteiger partial charge is 0.493 e. The van der Waals surface area contributed by atoms with E-state index in [4.69, 9.17) is 14.2 Å². The van der Waals surface area contributed by atoms with Gasteiger partial charge in [-0.25, -0.2) is 4.39 Å². The van der Waals surface area contributed by atoms with Crippen molar-refractivity contribution in [3.05, 3.63) is 59.5 Å². The molecule has 0 fully saturated rings. The van der Waals surface area contributed by atoms with Gasteiger partial charge in [0.15, 0.2) is 11.5 Å². The Labute approximate surface area is 173 Å². The second-order valence-electron chi connectivity index (χ2n) is 6.07. The fourth-order valence-electron chi connectivity index (χ4n) is 2.71. The summed E-state index contributed by atoms with van der Waals surface area (Å²) in [7, 11) is 4.57. The lowest BCUT2D eigenvalue weighted by Gasteiger charge is -2.13. The molecular weight excluding hydrogens is 389 g/mol. The molecule has 154 valence electrons. The number of hydrogen-bond donors (Lipinski definition) is 2. The van der Waals surface area contributed by atoms with Gasteiger partial charge in [0.05, 0.1) is 33.6 Å². The Morgan fingerprint density at radius 2 is 1.73 bits per heavy atom. The van der Waals surface area contributed by atoms with Crippen LogP contribution in [0.5, 0.6) is 17.2 Å². The highest BCUT2D eigenvalue weighted by Gasteiger charge is 2.17. The summed E-state index contributed by atoms with van der Waals surface area (Å²) >= 11 is 0. The number of methoxy groups -OCH3 is 3. The fraction of sp³-hybridized carbons (Fsp3) is 0.182. The third-order valence-electron chi connectivity index (χ3n) is 4.20. The second kappa shape index (κ2) is 9.47. The van der Waals surface area contributed by atoms with Crippen LogP contribution in [0.3, 0.4) is 0 Å². The van der Waals surface area contributed by atoms with Crippen molar-refractivity contribution >= 4 is 5.91 Å². The number of aromatic amines is 1. The Morgan fingerprint density at radius 1 is 1.07 bits per heavy atom. The SMILES string of the molecule is COc1cc(-c2cc(C(=O)NCC#Cc3ccc(F)cc3)[nH]n2)cc(OC)c1OC. The average molecular weight is 409 g/mol. The van der Waals surface area contributed by atoms with E-state index < -0.39 is 0 Å². The van der Waals surface area contributed by atoms with Gasteiger partial charge in [-0.05, 0) is 42.5 Å². The zero-order valence-electron chi connectivity index (χ0n) is 16.7. The minimum atomic E-state index is -0.352. The molecule has 0 aliphatic heterocycles. The van der Waals surface area contributed by atoms with Gasteiger partial charge in [-0.1, -0.05) is 11.8 Å². The molecule has 0 aliphatic rings. The van der Waals surface area contributed by atoms with E-state index in [0.717, 1.165) is 0 Å². The molecule has 0 radical (unpaired) electrons. The van der Waals surface area contributed by atoms with E-state index in [0.29, 0.717) is 34.1 Å². The number of amides is 1. The summed E-state index contributed by atoms with van der Waals surface area (Å²) in [6.07, 6.45) is 0. The summed E-state index contributed by atoms with van der Waals surface area (Å²) in [5, 5.41) is 9.58. The number of ether oxygens (including phenoxy) is 3. The van der Waals surface area contributed by atoms with Crippen molar-refractivity contribution < 1.29 is 23.4 Å². The van der Waals surface area contributed by atoms with E-state index in [-0.39, 0.29) is 24.0 Å². The van der Waals surface area contributed by atoms with Crippen LogP contribution in [0.2, 0.25) is 0 Å². The predicted molar refractivity (Wildman–Crippen MR) is 109 cm³/mol. The van der Waals surface area contributed by atoms with Crippen molar-refractivity contribution in [2.24, 2.45) is 0 Å². The molecular formula is C22H20FN3O4. The lowest BCUT2D eigenvalue weighted by molar-refractivity contribution is 0.0953. The molecule has 0 atom stereocenters. The maximum Gasteiger partial charge on any atom is 0.270 e. The minimum absolute atomic E-state index is 0.134. The number of halogens is 1. The fourth-order valence-corrected chi connectivity index (χ4v) is 2.71. The number of nitrogens with one attached hydrogen (secondary N) is 2. The number of benzene rings is 2. The monoisotopic (exact) mass is 409 g/mol. The van der Waals surface area contributed by atoms with Crippen LogP contribution in [0.1, 0.15) is 16.1 Å². The van der Waals surface area contributed by atoms with Crippen LogP contribution in [0.4, 0.5) is 4.39 Å². The first-order valence-electron chi connectivity index (χ1n) is 8.94. The molecule has 7 nitrogen and oxygen atoms in total. The maximum absolute atomic E-state index is 12.9. The number of nitrogens with zero attached hydrogens (tertiary/aromatic N) is 1. The molecule has 0 aliphatic carbocycles.